The molecule has 0 saturated carbocycles. The van der Waals surface area contributed by atoms with E-state index in [1.165, 1.54) is 42.9 Å². The van der Waals surface area contributed by atoms with E-state index >= 15 is 0 Å². The monoisotopic (exact) mass is 540 g/mol. The molecule has 0 radical (unpaired) electrons. The smallest absolute Gasteiger partial charge is 0.475 e. The van der Waals surface area contributed by atoms with Crippen LogP contribution in [0.1, 0.15) is 36.2 Å². The van der Waals surface area contributed by atoms with Crippen LogP contribution in [0.4, 0.5) is 26.3 Å². The number of alkyl halides is 6. The van der Waals surface area contributed by atoms with Crippen molar-refractivity contribution >= 4 is 11.9 Å². The van der Waals surface area contributed by atoms with Crippen molar-refractivity contribution < 1.29 is 46.1 Å². The number of carboxylic acid groups (broad SMARTS) is 2. The maximum atomic E-state index is 10.6. The molecular weight excluding hydrogens is 514 g/mol. The third-order valence-corrected chi connectivity index (χ3v) is 5.32. The maximum absolute atomic E-state index is 10.6. The fourth-order valence-corrected chi connectivity index (χ4v) is 3.62. The molecule has 2 aliphatic heterocycles. The summed E-state index contributed by atoms with van der Waals surface area (Å²) in [5.74, 6) is -5.51. The number of aryl methyl sites for hydroxylation is 1. The number of hydrogen-bond acceptors (Lipinski definition) is 7. The van der Waals surface area contributed by atoms with Gasteiger partial charge in [-0.05, 0) is 44.0 Å². The first-order chi connectivity index (χ1) is 17.3. The molecular formula is C21H26F6N6O4. The SMILES string of the molecule is O=C(O)C(F)(F)F.O=C(O)C(F)(F)F.c1cncc(CN2CCCn3nnc(CN4CCCC4)c3C2)c1. The van der Waals surface area contributed by atoms with Crippen LogP contribution in [0, 0.1) is 0 Å². The van der Waals surface area contributed by atoms with Gasteiger partial charge in [0.15, 0.2) is 0 Å². The van der Waals surface area contributed by atoms with Crippen molar-refractivity contribution in [2.45, 2.75) is 57.8 Å². The predicted octanol–water partition coefficient (Wildman–Crippen LogP) is 2.94. The summed E-state index contributed by atoms with van der Waals surface area (Å²) in [7, 11) is 0. The summed E-state index contributed by atoms with van der Waals surface area (Å²) in [6.07, 6.45) is -2.61. The van der Waals surface area contributed by atoms with Crippen LogP contribution < -0.4 is 0 Å². The quantitative estimate of drug-likeness (QED) is 0.564. The molecule has 2 aromatic heterocycles. The van der Waals surface area contributed by atoms with Crippen LogP contribution >= 0.6 is 0 Å². The zero-order valence-electron chi connectivity index (χ0n) is 19.5. The molecule has 0 bridgehead atoms. The lowest BCUT2D eigenvalue weighted by Crippen LogP contribution is -2.25. The lowest BCUT2D eigenvalue weighted by atomic mass is 10.2. The molecule has 1 fully saturated rings. The predicted molar refractivity (Wildman–Crippen MR) is 115 cm³/mol. The molecule has 206 valence electrons. The molecule has 0 spiro atoms. The van der Waals surface area contributed by atoms with Gasteiger partial charge < -0.3 is 10.2 Å². The average Bonchev–Trinajstić information content (AvgIpc) is 3.40. The number of aromatic nitrogens is 4. The Balaban J connectivity index is 0.000000286. The first kappa shape index (κ1) is 30.0. The zero-order valence-corrected chi connectivity index (χ0v) is 19.5. The first-order valence-corrected chi connectivity index (χ1v) is 11.1. The lowest BCUT2D eigenvalue weighted by molar-refractivity contribution is -0.193. The Bertz CT molecular complexity index is 985. The van der Waals surface area contributed by atoms with Crippen LogP contribution in [0.5, 0.6) is 0 Å². The molecule has 2 aromatic rings. The van der Waals surface area contributed by atoms with Crippen LogP contribution in [-0.4, -0.2) is 83.9 Å². The lowest BCUT2D eigenvalue weighted by Gasteiger charge is -2.20. The number of nitrogens with zero attached hydrogens (tertiary/aromatic N) is 6. The van der Waals surface area contributed by atoms with Crippen molar-refractivity contribution in [3.8, 4) is 0 Å². The van der Waals surface area contributed by atoms with Gasteiger partial charge in [-0.1, -0.05) is 11.3 Å². The Morgan fingerprint density at radius 3 is 1.95 bits per heavy atom. The molecule has 37 heavy (non-hydrogen) atoms. The second-order valence-corrected chi connectivity index (χ2v) is 8.22. The first-order valence-electron chi connectivity index (χ1n) is 11.1. The number of hydrogen-bond donors (Lipinski definition) is 2. The van der Waals surface area contributed by atoms with Gasteiger partial charge in [0.25, 0.3) is 0 Å². The van der Waals surface area contributed by atoms with Gasteiger partial charge in [-0.2, -0.15) is 26.3 Å². The molecule has 10 nitrogen and oxygen atoms in total. The largest absolute Gasteiger partial charge is 0.490 e. The van der Waals surface area contributed by atoms with E-state index in [9.17, 15) is 26.3 Å². The zero-order chi connectivity index (χ0) is 27.6. The summed E-state index contributed by atoms with van der Waals surface area (Å²) in [6, 6.07) is 4.16. The van der Waals surface area contributed by atoms with Crippen LogP contribution in [0.3, 0.4) is 0 Å². The molecule has 0 unspecified atom stereocenters. The highest BCUT2D eigenvalue weighted by Gasteiger charge is 2.38. The Morgan fingerprint density at radius 2 is 1.43 bits per heavy atom. The average molecular weight is 540 g/mol. The van der Waals surface area contributed by atoms with Gasteiger partial charge in [0, 0.05) is 45.1 Å². The summed E-state index contributed by atoms with van der Waals surface area (Å²) in [4.78, 5) is 27.0. The van der Waals surface area contributed by atoms with E-state index in [0.717, 1.165) is 39.1 Å². The summed E-state index contributed by atoms with van der Waals surface area (Å²) < 4.78 is 65.6. The Morgan fingerprint density at radius 1 is 0.865 bits per heavy atom. The van der Waals surface area contributed by atoms with Crippen molar-refractivity contribution in [1.29, 1.82) is 0 Å². The Labute approximate surface area is 207 Å². The van der Waals surface area contributed by atoms with Crippen LogP contribution in [0.2, 0.25) is 0 Å². The normalized spacial score (nSPS) is 16.5. The van der Waals surface area contributed by atoms with Crippen molar-refractivity contribution in [1.82, 2.24) is 29.8 Å². The van der Waals surface area contributed by atoms with Crippen molar-refractivity contribution in [2.24, 2.45) is 0 Å². The highest BCUT2D eigenvalue weighted by atomic mass is 19.4. The maximum Gasteiger partial charge on any atom is 0.490 e. The summed E-state index contributed by atoms with van der Waals surface area (Å²) in [6.45, 7) is 7.31. The molecule has 16 heteroatoms. The molecule has 4 rings (SSSR count). The number of fused-ring (bicyclic) bond motifs is 1. The molecule has 0 aliphatic carbocycles. The van der Waals surface area contributed by atoms with E-state index in [2.05, 4.69) is 35.8 Å². The third-order valence-electron chi connectivity index (χ3n) is 5.32. The van der Waals surface area contributed by atoms with Gasteiger partial charge >= 0.3 is 24.3 Å². The van der Waals surface area contributed by atoms with E-state index < -0.39 is 24.3 Å². The number of carboxylic acids is 2. The van der Waals surface area contributed by atoms with E-state index in [1.807, 2.05) is 18.5 Å². The fourth-order valence-electron chi connectivity index (χ4n) is 3.62. The van der Waals surface area contributed by atoms with Crippen molar-refractivity contribution in [3.05, 3.63) is 41.5 Å². The number of likely N-dealkylation sites (tertiary alicyclic amines) is 1. The minimum atomic E-state index is -5.08. The third kappa shape index (κ3) is 10.3. The number of carbonyl (C=O) groups is 2. The summed E-state index contributed by atoms with van der Waals surface area (Å²) in [5.41, 5.74) is 3.75. The van der Waals surface area contributed by atoms with Crippen LogP contribution in [-0.2, 0) is 35.8 Å². The minimum Gasteiger partial charge on any atom is -0.475 e. The van der Waals surface area contributed by atoms with Crippen molar-refractivity contribution in [2.75, 3.05) is 19.6 Å². The minimum absolute atomic E-state index is 0.936. The fraction of sp³-hybridized carbons (Fsp3) is 0.571. The molecule has 1 saturated heterocycles. The Hall–Kier alpha value is -3.27. The highest BCUT2D eigenvalue weighted by Crippen LogP contribution is 2.20. The van der Waals surface area contributed by atoms with Gasteiger partial charge in [0.05, 0.1) is 5.69 Å². The molecule has 2 aliphatic rings. The van der Waals surface area contributed by atoms with Crippen molar-refractivity contribution in [3.63, 3.8) is 0 Å². The van der Waals surface area contributed by atoms with E-state index in [-0.39, 0.29) is 0 Å². The van der Waals surface area contributed by atoms with E-state index in [0.29, 0.717) is 0 Å². The number of rotatable bonds is 4. The molecule has 4 heterocycles. The molecule has 0 atom stereocenters. The standard InChI is InChI=1S/C17H24N6.2C2HF3O2/c1-2-8-21(7-1)13-16-17-14-22(9-4-10-23(17)20-19-16)12-15-5-3-6-18-11-15;2*3-2(4,5)1(6)7/h3,5-6,11H,1-2,4,7-10,12-14H2;2*(H,6,7). The number of pyridine rings is 1. The second kappa shape index (κ2) is 13.3. The van der Waals surface area contributed by atoms with Crippen LogP contribution in [0.15, 0.2) is 24.5 Å². The van der Waals surface area contributed by atoms with Gasteiger partial charge in [-0.25, -0.2) is 14.3 Å². The van der Waals surface area contributed by atoms with Gasteiger partial charge in [-0.15, -0.1) is 5.10 Å². The summed E-state index contributed by atoms with van der Waals surface area (Å²) >= 11 is 0. The second-order valence-electron chi connectivity index (χ2n) is 8.22. The number of aliphatic carboxylic acids is 2. The molecule has 0 aromatic carbocycles. The highest BCUT2D eigenvalue weighted by molar-refractivity contribution is 5.73. The Kier molecular flexibility index (Phi) is 10.8. The summed E-state index contributed by atoms with van der Waals surface area (Å²) in [5, 5.41) is 23.1. The van der Waals surface area contributed by atoms with Gasteiger partial charge in [0.2, 0.25) is 0 Å². The number of halogens is 6. The van der Waals surface area contributed by atoms with Crippen LogP contribution in [0.25, 0.3) is 0 Å². The topological polar surface area (TPSA) is 125 Å². The van der Waals surface area contributed by atoms with Gasteiger partial charge in [-0.3, -0.25) is 14.8 Å². The molecule has 2 N–H and O–H groups in total. The van der Waals surface area contributed by atoms with E-state index in [4.69, 9.17) is 19.8 Å². The van der Waals surface area contributed by atoms with Gasteiger partial charge in [0.1, 0.15) is 5.69 Å². The van der Waals surface area contributed by atoms with E-state index in [1.54, 1.807) is 0 Å². The molecule has 0 amide bonds.